The van der Waals surface area contributed by atoms with Crippen LogP contribution in [0, 0.1) is 5.92 Å². The first-order chi connectivity index (χ1) is 9.75. The number of carbonyl (C=O) groups excluding carboxylic acids is 1. The fourth-order valence-corrected chi connectivity index (χ4v) is 2.13. The number of nitrogens with one attached hydrogen (secondary N) is 1. The maximum Gasteiger partial charge on any atom is 0.418 e. The Kier molecular flexibility index (Phi) is 4.41. The molecule has 0 heterocycles. The van der Waals surface area contributed by atoms with E-state index in [1.165, 1.54) is 18.9 Å². The van der Waals surface area contributed by atoms with E-state index in [0.717, 1.165) is 18.7 Å². The van der Waals surface area contributed by atoms with E-state index >= 15 is 0 Å². The van der Waals surface area contributed by atoms with Crippen LogP contribution in [0.3, 0.4) is 0 Å². The van der Waals surface area contributed by atoms with E-state index in [0.29, 0.717) is 5.92 Å². The predicted octanol–water partition coefficient (Wildman–Crippen LogP) is 2.57. The molecule has 1 fully saturated rings. The lowest BCUT2D eigenvalue weighted by atomic mass is 10.1. The van der Waals surface area contributed by atoms with Crippen molar-refractivity contribution in [2.24, 2.45) is 5.92 Å². The number of likely N-dealkylation sites (N-methyl/N-ethyl adjacent to an activating group) is 1. The normalized spacial score (nSPS) is 15.3. The average molecular weight is 301 g/mol. The Labute approximate surface area is 121 Å². The van der Waals surface area contributed by atoms with E-state index in [2.05, 4.69) is 5.32 Å². The minimum Gasteiger partial charge on any atom is -0.398 e. The second-order valence-corrected chi connectivity index (χ2v) is 5.49. The third-order valence-corrected chi connectivity index (χ3v) is 3.32. The maximum atomic E-state index is 12.7. The molecule has 2 rings (SSSR count). The monoisotopic (exact) mass is 301 g/mol. The molecule has 116 valence electrons. The molecule has 1 aromatic carbocycles. The Morgan fingerprint density at radius 1 is 1.43 bits per heavy atom. The van der Waals surface area contributed by atoms with Crippen molar-refractivity contribution in [3.63, 3.8) is 0 Å². The van der Waals surface area contributed by atoms with Crippen LogP contribution in [0.25, 0.3) is 0 Å². The molecule has 0 aromatic heterocycles. The quantitative estimate of drug-likeness (QED) is 0.822. The summed E-state index contributed by atoms with van der Waals surface area (Å²) in [5.41, 5.74) is 4.11. The van der Waals surface area contributed by atoms with E-state index in [-0.39, 0.29) is 23.8 Å². The van der Waals surface area contributed by atoms with Crippen LogP contribution < -0.4 is 11.1 Å². The summed E-state index contributed by atoms with van der Waals surface area (Å²) in [5, 5.41) is 2.47. The molecule has 3 N–H and O–H groups in total. The lowest BCUT2D eigenvalue weighted by Crippen LogP contribution is -2.31. The number of nitrogen functional groups attached to an aromatic ring is 1. The summed E-state index contributed by atoms with van der Waals surface area (Å²) < 4.78 is 38.2. The first-order valence-electron chi connectivity index (χ1n) is 6.71. The van der Waals surface area contributed by atoms with Crippen molar-refractivity contribution in [2.45, 2.75) is 19.0 Å². The minimum absolute atomic E-state index is 0.0985. The van der Waals surface area contributed by atoms with Gasteiger partial charge in [-0.2, -0.15) is 13.2 Å². The molecule has 7 heteroatoms. The van der Waals surface area contributed by atoms with Crippen LogP contribution >= 0.6 is 0 Å². The summed E-state index contributed by atoms with van der Waals surface area (Å²) in [6.07, 6.45) is -2.18. The summed E-state index contributed by atoms with van der Waals surface area (Å²) in [4.78, 5) is 13.7. The summed E-state index contributed by atoms with van der Waals surface area (Å²) >= 11 is 0. The third kappa shape index (κ3) is 4.63. The van der Waals surface area contributed by atoms with Crippen molar-refractivity contribution in [2.75, 3.05) is 31.2 Å². The van der Waals surface area contributed by atoms with Crippen LogP contribution in [-0.2, 0) is 11.0 Å². The minimum atomic E-state index is -4.53. The number of nitrogens with zero attached hydrogens (tertiary/aromatic N) is 1. The van der Waals surface area contributed by atoms with Gasteiger partial charge in [-0.05, 0) is 44.0 Å². The molecule has 0 atom stereocenters. The molecule has 0 aliphatic heterocycles. The highest BCUT2D eigenvalue weighted by atomic mass is 19.4. The van der Waals surface area contributed by atoms with Gasteiger partial charge in [0.1, 0.15) is 0 Å². The second-order valence-electron chi connectivity index (χ2n) is 5.49. The first-order valence-corrected chi connectivity index (χ1v) is 6.71. The molecular weight excluding hydrogens is 283 g/mol. The predicted molar refractivity (Wildman–Crippen MR) is 74.7 cm³/mol. The van der Waals surface area contributed by atoms with Gasteiger partial charge in [0.2, 0.25) is 5.91 Å². The molecule has 0 unspecified atom stereocenters. The smallest absolute Gasteiger partial charge is 0.398 e. The number of amides is 1. The van der Waals surface area contributed by atoms with Gasteiger partial charge in [0.25, 0.3) is 0 Å². The maximum absolute atomic E-state index is 12.7. The molecule has 0 bridgehead atoms. The lowest BCUT2D eigenvalue weighted by Gasteiger charge is -2.16. The average Bonchev–Trinajstić information content (AvgIpc) is 3.13. The van der Waals surface area contributed by atoms with Gasteiger partial charge < -0.3 is 11.1 Å². The molecule has 0 spiro atoms. The molecule has 4 nitrogen and oxygen atoms in total. The van der Waals surface area contributed by atoms with Crippen molar-refractivity contribution < 1.29 is 18.0 Å². The van der Waals surface area contributed by atoms with Crippen LogP contribution in [0.5, 0.6) is 0 Å². The molecule has 1 aliphatic carbocycles. The SMILES string of the molecule is CN(CC(=O)Nc1ccc(N)c(C(F)(F)F)c1)CC1CC1. The standard InChI is InChI=1S/C14H18F3N3O/c1-20(7-9-2-3-9)8-13(21)19-10-4-5-12(18)11(6-10)14(15,16)17/h4-6,9H,2-3,7-8,18H2,1H3,(H,19,21). The first kappa shape index (κ1) is 15.6. The second kappa shape index (κ2) is 5.93. The third-order valence-electron chi connectivity index (χ3n) is 3.32. The van der Waals surface area contributed by atoms with Crippen molar-refractivity contribution in [1.29, 1.82) is 0 Å². The molecular formula is C14H18F3N3O. The largest absolute Gasteiger partial charge is 0.418 e. The molecule has 0 saturated heterocycles. The van der Waals surface area contributed by atoms with Gasteiger partial charge in [0.05, 0.1) is 12.1 Å². The zero-order valence-electron chi connectivity index (χ0n) is 11.7. The fourth-order valence-electron chi connectivity index (χ4n) is 2.13. The molecule has 1 aromatic rings. The van der Waals surface area contributed by atoms with E-state index in [4.69, 9.17) is 5.73 Å². The van der Waals surface area contributed by atoms with E-state index < -0.39 is 11.7 Å². The van der Waals surface area contributed by atoms with Crippen LogP contribution in [-0.4, -0.2) is 30.9 Å². The summed E-state index contributed by atoms with van der Waals surface area (Å²) in [5.74, 6) is 0.312. The number of halogens is 3. The Morgan fingerprint density at radius 3 is 2.67 bits per heavy atom. The number of anilines is 2. The number of carbonyl (C=O) groups is 1. The Hall–Kier alpha value is -1.76. The van der Waals surface area contributed by atoms with Crippen molar-refractivity contribution in [1.82, 2.24) is 4.90 Å². The summed E-state index contributed by atoms with van der Waals surface area (Å²) in [6.45, 7) is 0.991. The molecule has 1 aliphatic rings. The Balaban J connectivity index is 1.97. The highest BCUT2D eigenvalue weighted by Gasteiger charge is 2.33. The fraction of sp³-hybridized carbons (Fsp3) is 0.500. The summed E-state index contributed by atoms with van der Waals surface area (Å²) in [6, 6.07) is 3.36. The molecule has 1 saturated carbocycles. The zero-order chi connectivity index (χ0) is 15.6. The van der Waals surface area contributed by atoms with Gasteiger partial charge in [0, 0.05) is 17.9 Å². The number of hydrogen-bond donors (Lipinski definition) is 2. The number of nitrogens with two attached hydrogens (primary N) is 1. The van der Waals surface area contributed by atoms with Gasteiger partial charge >= 0.3 is 6.18 Å². The van der Waals surface area contributed by atoms with Crippen molar-refractivity contribution in [3.8, 4) is 0 Å². The van der Waals surface area contributed by atoms with E-state index in [1.807, 2.05) is 11.9 Å². The Morgan fingerprint density at radius 2 is 2.10 bits per heavy atom. The topological polar surface area (TPSA) is 58.4 Å². The summed E-state index contributed by atoms with van der Waals surface area (Å²) in [7, 11) is 1.82. The lowest BCUT2D eigenvalue weighted by molar-refractivity contribution is -0.136. The number of alkyl halides is 3. The van der Waals surface area contributed by atoms with E-state index in [9.17, 15) is 18.0 Å². The molecule has 21 heavy (non-hydrogen) atoms. The van der Waals surface area contributed by atoms with Gasteiger partial charge in [-0.25, -0.2) is 0 Å². The highest BCUT2D eigenvalue weighted by molar-refractivity contribution is 5.92. The zero-order valence-corrected chi connectivity index (χ0v) is 11.7. The Bertz CT molecular complexity index is 527. The molecule has 0 radical (unpaired) electrons. The van der Waals surface area contributed by atoms with Crippen LogP contribution in [0.4, 0.5) is 24.5 Å². The van der Waals surface area contributed by atoms with Crippen molar-refractivity contribution in [3.05, 3.63) is 23.8 Å². The number of benzene rings is 1. The number of rotatable bonds is 5. The van der Waals surface area contributed by atoms with Crippen LogP contribution in [0.2, 0.25) is 0 Å². The highest BCUT2D eigenvalue weighted by Crippen LogP contribution is 2.35. The van der Waals surface area contributed by atoms with Gasteiger partial charge in [-0.1, -0.05) is 0 Å². The van der Waals surface area contributed by atoms with Gasteiger partial charge in [-0.3, -0.25) is 9.69 Å². The van der Waals surface area contributed by atoms with Crippen LogP contribution in [0.1, 0.15) is 18.4 Å². The van der Waals surface area contributed by atoms with Crippen LogP contribution in [0.15, 0.2) is 18.2 Å². The van der Waals surface area contributed by atoms with Crippen molar-refractivity contribution >= 4 is 17.3 Å². The van der Waals surface area contributed by atoms with E-state index in [1.54, 1.807) is 0 Å². The molecule has 1 amide bonds. The van der Waals surface area contributed by atoms with Gasteiger partial charge in [0.15, 0.2) is 0 Å². The number of hydrogen-bond acceptors (Lipinski definition) is 3. The van der Waals surface area contributed by atoms with Gasteiger partial charge in [-0.15, -0.1) is 0 Å².